The minimum atomic E-state index is -0.504. The van der Waals surface area contributed by atoms with Crippen LogP contribution in [0.1, 0.15) is 39.5 Å². The van der Waals surface area contributed by atoms with Crippen molar-refractivity contribution < 1.29 is 19.4 Å². The Morgan fingerprint density at radius 3 is 2.71 bits per heavy atom. The number of esters is 1. The average Bonchev–Trinajstić information content (AvgIpc) is 2.69. The van der Waals surface area contributed by atoms with E-state index in [2.05, 4.69) is 0 Å². The molecule has 2 rings (SSSR count). The van der Waals surface area contributed by atoms with Gasteiger partial charge in [0, 0.05) is 17.5 Å². The molecule has 4 nitrogen and oxygen atoms in total. The van der Waals surface area contributed by atoms with Crippen LogP contribution in [-0.2, 0) is 29.0 Å². The molecule has 0 bridgehead atoms. The van der Waals surface area contributed by atoms with Crippen molar-refractivity contribution in [2.24, 2.45) is 0 Å². The minimum absolute atomic E-state index is 0.0861. The highest BCUT2D eigenvalue weighted by atomic mass is 16.5. The fourth-order valence-electron chi connectivity index (χ4n) is 2.42. The molecule has 0 fully saturated rings. The summed E-state index contributed by atoms with van der Waals surface area (Å²) in [5, 5.41) is 10.1. The van der Waals surface area contributed by atoms with Crippen LogP contribution in [0.25, 0.3) is 0 Å². The number of phenolic OH excluding ortho intramolecular Hbond substituents is 1. The summed E-state index contributed by atoms with van der Waals surface area (Å²) in [6.45, 7) is 4.06. The second kappa shape index (κ2) is 4.20. The number of carbonyl (C=O) groups is 2. The van der Waals surface area contributed by atoms with Crippen molar-refractivity contribution >= 4 is 12.3 Å². The molecule has 1 heterocycles. The van der Waals surface area contributed by atoms with E-state index in [9.17, 15) is 14.7 Å². The van der Waals surface area contributed by atoms with Crippen LogP contribution in [0.3, 0.4) is 0 Å². The molecule has 0 unspecified atom stereocenters. The third kappa shape index (κ3) is 1.60. The number of phenols is 1. The van der Waals surface area contributed by atoms with Crippen LogP contribution in [0.15, 0.2) is 0 Å². The van der Waals surface area contributed by atoms with Crippen LogP contribution >= 0.6 is 0 Å². The van der Waals surface area contributed by atoms with Crippen molar-refractivity contribution in [3.05, 3.63) is 27.8 Å². The summed E-state index contributed by atoms with van der Waals surface area (Å²) in [7, 11) is 0. The minimum Gasteiger partial charge on any atom is -0.507 e. The number of hydrogen-bond donors (Lipinski definition) is 1. The maximum absolute atomic E-state index is 11.5. The molecule has 1 aliphatic rings. The first kappa shape index (κ1) is 11.6. The Balaban J connectivity index is 2.76. The average molecular weight is 234 g/mol. The van der Waals surface area contributed by atoms with Crippen LogP contribution in [0.2, 0.25) is 0 Å². The normalized spacial score (nSPS) is 13.4. The van der Waals surface area contributed by atoms with Crippen molar-refractivity contribution in [1.29, 1.82) is 0 Å². The highest BCUT2D eigenvalue weighted by Crippen LogP contribution is 2.37. The van der Waals surface area contributed by atoms with Crippen molar-refractivity contribution in [2.45, 2.75) is 33.3 Å². The lowest BCUT2D eigenvalue weighted by Crippen LogP contribution is -2.05. The predicted octanol–water partition coefficient (Wildman–Crippen LogP) is 1.67. The van der Waals surface area contributed by atoms with Gasteiger partial charge in [0.15, 0.2) is 0 Å². The van der Waals surface area contributed by atoms with Crippen molar-refractivity contribution in [2.75, 3.05) is 0 Å². The van der Waals surface area contributed by atoms with E-state index < -0.39 is 5.97 Å². The van der Waals surface area contributed by atoms with Gasteiger partial charge in [-0.3, -0.25) is 0 Å². The highest BCUT2D eigenvalue weighted by molar-refractivity contribution is 5.97. The van der Waals surface area contributed by atoms with Gasteiger partial charge in [0.1, 0.15) is 24.2 Å². The lowest BCUT2D eigenvalue weighted by atomic mass is 9.90. The van der Waals surface area contributed by atoms with E-state index in [0.29, 0.717) is 12.0 Å². The predicted molar refractivity (Wildman–Crippen MR) is 61.1 cm³/mol. The molecule has 0 saturated heterocycles. The summed E-state index contributed by atoms with van der Waals surface area (Å²) in [4.78, 5) is 22.2. The quantitative estimate of drug-likeness (QED) is 0.638. The molecule has 1 aliphatic heterocycles. The molecule has 0 aliphatic carbocycles. The SMILES string of the molecule is CCc1c(C)c2c(c(O)c1CC=O)C(=O)OC2. The second-order valence-corrected chi connectivity index (χ2v) is 4.08. The first-order valence-corrected chi connectivity index (χ1v) is 5.58. The zero-order valence-corrected chi connectivity index (χ0v) is 9.87. The summed E-state index contributed by atoms with van der Waals surface area (Å²) >= 11 is 0. The Labute approximate surface area is 99.2 Å². The van der Waals surface area contributed by atoms with Gasteiger partial charge in [-0.25, -0.2) is 4.79 Å². The van der Waals surface area contributed by atoms with Crippen LogP contribution < -0.4 is 0 Å². The van der Waals surface area contributed by atoms with Crippen LogP contribution in [0.5, 0.6) is 5.75 Å². The zero-order chi connectivity index (χ0) is 12.6. The third-order valence-electron chi connectivity index (χ3n) is 3.29. The molecule has 90 valence electrons. The van der Waals surface area contributed by atoms with Gasteiger partial charge in [-0.15, -0.1) is 0 Å². The molecule has 1 N–H and O–H groups in total. The standard InChI is InChI=1S/C13H14O4/c1-3-8-7(2)10-6-17-13(16)11(10)12(15)9(8)4-5-14/h5,15H,3-4,6H2,1-2H3. The molecular weight excluding hydrogens is 220 g/mol. The van der Waals surface area contributed by atoms with Gasteiger partial charge in [-0.1, -0.05) is 6.92 Å². The first-order chi connectivity index (χ1) is 8.11. The third-order valence-corrected chi connectivity index (χ3v) is 3.29. The molecular formula is C13H14O4. The first-order valence-electron chi connectivity index (χ1n) is 5.58. The molecule has 4 heteroatoms. The lowest BCUT2D eigenvalue weighted by Gasteiger charge is -2.14. The van der Waals surface area contributed by atoms with Crippen molar-refractivity contribution in [1.82, 2.24) is 0 Å². The van der Waals surface area contributed by atoms with Crippen LogP contribution in [0, 0.1) is 6.92 Å². The van der Waals surface area contributed by atoms with Crippen LogP contribution in [-0.4, -0.2) is 17.4 Å². The summed E-state index contributed by atoms with van der Waals surface area (Å²) in [6.07, 6.45) is 1.57. The Morgan fingerprint density at radius 2 is 2.12 bits per heavy atom. The molecule has 0 amide bonds. The number of rotatable bonds is 3. The lowest BCUT2D eigenvalue weighted by molar-refractivity contribution is -0.107. The maximum Gasteiger partial charge on any atom is 0.342 e. The Hall–Kier alpha value is -1.84. The van der Waals surface area contributed by atoms with Gasteiger partial charge in [-0.2, -0.15) is 0 Å². The maximum atomic E-state index is 11.5. The summed E-state index contributed by atoms with van der Waals surface area (Å²) in [5.41, 5.74) is 3.42. The highest BCUT2D eigenvalue weighted by Gasteiger charge is 2.30. The smallest absolute Gasteiger partial charge is 0.342 e. The van der Waals surface area contributed by atoms with Crippen molar-refractivity contribution in [3.63, 3.8) is 0 Å². The van der Waals surface area contributed by atoms with E-state index in [4.69, 9.17) is 4.74 Å². The number of hydrogen-bond acceptors (Lipinski definition) is 4. The number of carbonyl (C=O) groups excluding carboxylic acids is 2. The van der Waals surface area contributed by atoms with Gasteiger partial charge in [0.05, 0.1) is 0 Å². The van der Waals surface area contributed by atoms with E-state index >= 15 is 0 Å². The fourth-order valence-corrected chi connectivity index (χ4v) is 2.42. The van der Waals surface area contributed by atoms with Crippen LogP contribution in [0.4, 0.5) is 0 Å². The Morgan fingerprint density at radius 1 is 1.41 bits per heavy atom. The van der Waals surface area contributed by atoms with E-state index in [0.717, 1.165) is 23.0 Å². The number of ether oxygens (including phenoxy) is 1. The van der Waals surface area contributed by atoms with E-state index in [1.165, 1.54) is 0 Å². The van der Waals surface area contributed by atoms with Gasteiger partial charge >= 0.3 is 5.97 Å². The molecule has 17 heavy (non-hydrogen) atoms. The number of fused-ring (bicyclic) bond motifs is 1. The largest absolute Gasteiger partial charge is 0.507 e. The summed E-state index contributed by atoms with van der Waals surface area (Å²) in [6, 6.07) is 0. The summed E-state index contributed by atoms with van der Waals surface area (Å²) < 4.78 is 4.93. The number of aromatic hydroxyl groups is 1. The van der Waals surface area contributed by atoms with Gasteiger partial charge in [0.2, 0.25) is 0 Å². The molecule has 0 atom stereocenters. The molecule has 1 aromatic carbocycles. The topological polar surface area (TPSA) is 63.6 Å². The van der Waals surface area contributed by atoms with E-state index in [1.54, 1.807) is 0 Å². The Bertz CT molecular complexity index is 503. The van der Waals surface area contributed by atoms with Gasteiger partial charge in [0.25, 0.3) is 0 Å². The van der Waals surface area contributed by atoms with Gasteiger partial charge < -0.3 is 14.6 Å². The van der Waals surface area contributed by atoms with Crippen molar-refractivity contribution in [3.8, 4) is 5.75 Å². The molecule has 0 radical (unpaired) electrons. The van der Waals surface area contributed by atoms with E-state index in [-0.39, 0.29) is 24.3 Å². The second-order valence-electron chi connectivity index (χ2n) is 4.08. The monoisotopic (exact) mass is 234 g/mol. The van der Waals surface area contributed by atoms with E-state index in [1.807, 2.05) is 13.8 Å². The number of cyclic esters (lactones) is 1. The molecule has 0 saturated carbocycles. The summed E-state index contributed by atoms with van der Waals surface area (Å²) in [5.74, 6) is -0.590. The fraction of sp³-hybridized carbons (Fsp3) is 0.385. The number of benzene rings is 1. The molecule has 1 aromatic rings. The molecule has 0 aromatic heterocycles. The van der Waals surface area contributed by atoms with Gasteiger partial charge in [-0.05, 0) is 24.5 Å². The Kier molecular flexibility index (Phi) is 2.88. The molecule has 0 spiro atoms. The zero-order valence-electron chi connectivity index (χ0n) is 9.87. The number of aldehydes is 1.